The molecule has 38 heavy (non-hydrogen) atoms. The Kier molecular flexibility index (Phi) is 7.34. The molecule has 0 heterocycles. The fourth-order valence-electron chi connectivity index (χ4n) is 5.53. The molecule has 0 spiro atoms. The Hall–Kier alpha value is -3.72. The third kappa shape index (κ3) is 4.78. The fourth-order valence-corrected chi connectivity index (χ4v) is 5.53. The van der Waals surface area contributed by atoms with Gasteiger partial charge in [0.25, 0.3) is 0 Å². The summed E-state index contributed by atoms with van der Waals surface area (Å²) < 4.78 is 0. The van der Waals surface area contributed by atoms with Gasteiger partial charge in [0.05, 0.1) is 0 Å². The van der Waals surface area contributed by atoms with Crippen LogP contribution in [0, 0.1) is 0 Å². The minimum absolute atomic E-state index is 0.173. The van der Waals surface area contributed by atoms with Crippen LogP contribution >= 0.6 is 0 Å². The summed E-state index contributed by atoms with van der Waals surface area (Å²) in [4.78, 5) is 0. The van der Waals surface area contributed by atoms with E-state index in [1.165, 1.54) is 0 Å². The summed E-state index contributed by atoms with van der Waals surface area (Å²) in [6, 6.07) is 28.0. The molecule has 0 unspecified atom stereocenters. The number of rotatable bonds is 7. The van der Waals surface area contributed by atoms with E-state index in [2.05, 4.69) is 84.9 Å². The van der Waals surface area contributed by atoms with Crippen LogP contribution in [0.2, 0.25) is 0 Å². The summed E-state index contributed by atoms with van der Waals surface area (Å²) in [5.74, 6) is 1.25. The van der Waals surface area contributed by atoms with Gasteiger partial charge in [0.15, 0.2) is 0 Å². The molecule has 4 aromatic carbocycles. The first-order valence-electron chi connectivity index (χ1n) is 13.4. The number of benzene rings is 4. The number of phenolic OH excluding ortho intramolecular Hbond substituents is 3. The lowest BCUT2D eigenvalue weighted by Gasteiger charge is -2.34. The highest BCUT2D eigenvalue weighted by molar-refractivity contribution is 5.56. The molecule has 4 rings (SSSR count). The van der Waals surface area contributed by atoms with E-state index in [4.69, 9.17) is 0 Å². The van der Waals surface area contributed by atoms with Gasteiger partial charge >= 0.3 is 0 Å². The fraction of sp³-hybridized carbons (Fsp3) is 0.314. The highest BCUT2D eigenvalue weighted by Gasteiger charge is 2.34. The topological polar surface area (TPSA) is 60.7 Å². The quantitative estimate of drug-likeness (QED) is 0.219. The molecule has 0 atom stereocenters. The lowest BCUT2D eigenvalue weighted by Crippen LogP contribution is -2.26. The third-order valence-electron chi connectivity index (χ3n) is 8.22. The number of para-hydroxylation sites is 1. The summed E-state index contributed by atoms with van der Waals surface area (Å²) in [5, 5.41) is 31.7. The number of hydrogen-bond acceptors (Lipinski definition) is 3. The van der Waals surface area contributed by atoms with Crippen molar-refractivity contribution < 1.29 is 15.3 Å². The van der Waals surface area contributed by atoms with Gasteiger partial charge in [0, 0.05) is 16.4 Å². The summed E-state index contributed by atoms with van der Waals surface area (Å²) in [7, 11) is 0. The normalized spacial score (nSPS) is 12.3. The van der Waals surface area contributed by atoms with Gasteiger partial charge in [-0.2, -0.15) is 0 Å². The van der Waals surface area contributed by atoms with Crippen LogP contribution in [0.1, 0.15) is 99.2 Å². The van der Waals surface area contributed by atoms with Gasteiger partial charge in [0.2, 0.25) is 0 Å². The molecule has 0 aliphatic carbocycles. The third-order valence-corrected chi connectivity index (χ3v) is 8.22. The number of aromatic hydroxyl groups is 3. The second kappa shape index (κ2) is 10.2. The molecule has 0 saturated carbocycles. The lowest BCUT2D eigenvalue weighted by molar-refractivity contribution is 0.453. The minimum atomic E-state index is -0.535. The molecule has 4 aromatic rings. The second-order valence-electron chi connectivity index (χ2n) is 11.7. The SMILES string of the molecule is CC(C)c1cc(C(C)(c2ccc(C(C)(C)c3ccccc3O)cc2)c2ccc(O)c(C(C)C)c2)ccc1O. The molecule has 0 aliphatic heterocycles. The summed E-state index contributed by atoms with van der Waals surface area (Å²) in [6.45, 7) is 14.8. The van der Waals surface area contributed by atoms with Crippen LogP contribution in [-0.2, 0) is 10.8 Å². The maximum absolute atomic E-state index is 10.6. The Morgan fingerprint density at radius 3 is 1.37 bits per heavy atom. The number of hydrogen-bond donors (Lipinski definition) is 3. The first-order valence-corrected chi connectivity index (χ1v) is 13.4. The average molecular weight is 509 g/mol. The van der Waals surface area contributed by atoms with Crippen LogP contribution in [0.15, 0.2) is 84.9 Å². The van der Waals surface area contributed by atoms with E-state index in [0.717, 1.165) is 38.9 Å². The molecule has 0 amide bonds. The largest absolute Gasteiger partial charge is 0.508 e. The van der Waals surface area contributed by atoms with Gasteiger partial charge in [-0.1, -0.05) is 108 Å². The van der Waals surface area contributed by atoms with E-state index < -0.39 is 5.41 Å². The number of phenols is 3. The monoisotopic (exact) mass is 508 g/mol. The summed E-state index contributed by atoms with van der Waals surface area (Å²) in [5.41, 5.74) is 6.15. The Bertz CT molecular complexity index is 1370. The zero-order valence-corrected chi connectivity index (χ0v) is 23.6. The standard InChI is InChI=1S/C35H40O3/c1-22(2)28-20-26(16-18-31(28)36)35(7,27-17-19-32(37)29(21-27)23(3)4)25-14-12-24(13-15-25)34(5,6)30-10-8-9-11-33(30)38/h8-23,36-38H,1-7H3. The van der Waals surface area contributed by atoms with Crippen LogP contribution in [0.25, 0.3) is 0 Å². The van der Waals surface area contributed by atoms with Crippen molar-refractivity contribution in [1.29, 1.82) is 0 Å². The van der Waals surface area contributed by atoms with Crippen molar-refractivity contribution in [1.82, 2.24) is 0 Å². The van der Waals surface area contributed by atoms with Gasteiger partial charge in [-0.25, -0.2) is 0 Å². The first-order chi connectivity index (χ1) is 17.9. The molecule has 3 heteroatoms. The van der Waals surface area contributed by atoms with Crippen molar-refractivity contribution in [3.63, 3.8) is 0 Å². The van der Waals surface area contributed by atoms with Crippen molar-refractivity contribution in [2.45, 2.75) is 71.1 Å². The zero-order chi connectivity index (χ0) is 27.8. The van der Waals surface area contributed by atoms with E-state index in [9.17, 15) is 15.3 Å². The zero-order valence-electron chi connectivity index (χ0n) is 23.6. The van der Waals surface area contributed by atoms with Crippen LogP contribution in [0.3, 0.4) is 0 Å². The maximum Gasteiger partial charge on any atom is 0.119 e. The van der Waals surface area contributed by atoms with Gasteiger partial charge < -0.3 is 15.3 Å². The molecule has 3 N–H and O–H groups in total. The van der Waals surface area contributed by atoms with E-state index in [1.807, 2.05) is 30.3 Å². The molecule has 0 aliphatic rings. The van der Waals surface area contributed by atoms with Gasteiger partial charge in [0.1, 0.15) is 17.2 Å². The molecule has 3 nitrogen and oxygen atoms in total. The molecular weight excluding hydrogens is 468 g/mol. The van der Waals surface area contributed by atoms with Crippen LogP contribution in [0.4, 0.5) is 0 Å². The molecule has 198 valence electrons. The van der Waals surface area contributed by atoms with Gasteiger partial charge in [-0.15, -0.1) is 0 Å². The molecule has 0 bridgehead atoms. The maximum atomic E-state index is 10.6. The minimum Gasteiger partial charge on any atom is -0.508 e. The van der Waals surface area contributed by atoms with E-state index in [-0.39, 0.29) is 17.3 Å². The lowest BCUT2D eigenvalue weighted by atomic mass is 9.69. The van der Waals surface area contributed by atoms with Crippen LogP contribution in [-0.4, -0.2) is 15.3 Å². The molecule has 0 aromatic heterocycles. The van der Waals surface area contributed by atoms with Crippen molar-refractivity contribution in [2.75, 3.05) is 0 Å². The van der Waals surface area contributed by atoms with Crippen molar-refractivity contribution in [3.05, 3.63) is 124 Å². The summed E-state index contributed by atoms with van der Waals surface area (Å²) >= 11 is 0. The highest BCUT2D eigenvalue weighted by Crippen LogP contribution is 2.44. The molecule has 0 fully saturated rings. The molecule has 0 saturated heterocycles. The van der Waals surface area contributed by atoms with Crippen LogP contribution in [0.5, 0.6) is 17.2 Å². The van der Waals surface area contributed by atoms with Crippen LogP contribution < -0.4 is 0 Å². The van der Waals surface area contributed by atoms with Crippen molar-refractivity contribution >= 4 is 0 Å². The van der Waals surface area contributed by atoms with E-state index >= 15 is 0 Å². The predicted molar refractivity (Wildman–Crippen MR) is 157 cm³/mol. The van der Waals surface area contributed by atoms with Gasteiger partial charge in [-0.05, 0) is 70.3 Å². The molecular formula is C35H40O3. The van der Waals surface area contributed by atoms with E-state index in [1.54, 1.807) is 18.2 Å². The van der Waals surface area contributed by atoms with Gasteiger partial charge in [-0.3, -0.25) is 0 Å². The first kappa shape index (κ1) is 27.3. The summed E-state index contributed by atoms with van der Waals surface area (Å²) in [6.07, 6.45) is 0. The average Bonchev–Trinajstić information content (AvgIpc) is 2.88. The highest BCUT2D eigenvalue weighted by atomic mass is 16.3. The van der Waals surface area contributed by atoms with Crippen molar-refractivity contribution in [2.24, 2.45) is 0 Å². The molecule has 0 radical (unpaired) electrons. The van der Waals surface area contributed by atoms with E-state index in [0.29, 0.717) is 17.2 Å². The Morgan fingerprint density at radius 2 is 0.921 bits per heavy atom. The Morgan fingerprint density at radius 1 is 0.500 bits per heavy atom. The Balaban J connectivity index is 1.91. The predicted octanol–water partition coefficient (Wildman–Crippen LogP) is 8.73. The second-order valence-corrected chi connectivity index (χ2v) is 11.7. The smallest absolute Gasteiger partial charge is 0.119 e. The van der Waals surface area contributed by atoms with Crippen molar-refractivity contribution in [3.8, 4) is 17.2 Å². The Labute approximate surface area is 227 Å².